The number of nitrogens with zero attached hydrogens (tertiary/aromatic N) is 9. The van der Waals surface area contributed by atoms with E-state index in [1.165, 1.54) is 39.7 Å². The van der Waals surface area contributed by atoms with Crippen molar-refractivity contribution < 1.29 is 27.9 Å². The van der Waals surface area contributed by atoms with E-state index in [1.807, 2.05) is 36.4 Å². The summed E-state index contributed by atoms with van der Waals surface area (Å²) in [6.45, 7) is 6.42. The number of carbonyl (C=O) groups is 3. The number of amidine groups is 2. The number of aromatic nitrogens is 6. The molecule has 4 aliphatic rings. The van der Waals surface area contributed by atoms with Gasteiger partial charge in [0.15, 0.2) is 5.82 Å². The Kier molecular flexibility index (Phi) is 12.7. The summed E-state index contributed by atoms with van der Waals surface area (Å²) in [5.74, 6) is 1.25. The second kappa shape index (κ2) is 18.8. The van der Waals surface area contributed by atoms with Crippen molar-refractivity contribution in [2.75, 3.05) is 36.4 Å². The summed E-state index contributed by atoms with van der Waals surface area (Å²) in [7, 11) is 0. The lowest BCUT2D eigenvalue weighted by Gasteiger charge is -2.44. The first-order chi connectivity index (χ1) is 32.3. The van der Waals surface area contributed by atoms with Gasteiger partial charge in [0.1, 0.15) is 59.2 Å². The van der Waals surface area contributed by atoms with E-state index >= 15 is 0 Å². The third-order valence-corrected chi connectivity index (χ3v) is 14.1. The van der Waals surface area contributed by atoms with Crippen LogP contribution in [0, 0.1) is 11.6 Å². The first-order valence-corrected chi connectivity index (χ1v) is 23.4. The van der Waals surface area contributed by atoms with Gasteiger partial charge in [-0.2, -0.15) is 0 Å². The summed E-state index contributed by atoms with van der Waals surface area (Å²) in [4.78, 5) is 58.0. The zero-order chi connectivity index (χ0) is 46.8. The highest BCUT2D eigenvalue weighted by atomic mass is 32.1. The molecule has 2 saturated carbocycles. The van der Waals surface area contributed by atoms with Gasteiger partial charge in [0.25, 0.3) is 0 Å². The van der Waals surface area contributed by atoms with Gasteiger partial charge in [0.2, 0.25) is 11.8 Å². The van der Waals surface area contributed by atoms with Gasteiger partial charge in [-0.3, -0.25) is 34.4 Å². The molecule has 2 fully saturated rings. The number of anilines is 2. The van der Waals surface area contributed by atoms with Crippen LogP contribution in [0.1, 0.15) is 80.4 Å². The molecule has 2 aliphatic heterocycles. The van der Waals surface area contributed by atoms with Crippen molar-refractivity contribution in [3.63, 3.8) is 0 Å². The van der Waals surface area contributed by atoms with E-state index in [9.17, 15) is 23.2 Å². The lowest BCUT2D eigenvalue weighted by Crippen LogP contribution is -2.50. The summed E-state index contributed by atoms with van der Waals surface area (Å²) >= 11 is 2.93. The summed E-state index contributed by atoms with van der Waals surface area (Å²) in [5.41, 5.74) is 0.600. The zero-order valence-corrected chi connectivity index (χ0v) is 38.5. The summed E-state index contributed by atoms with van der Waals surface area (Å²) in [5, 5.41) is 26.1. The number of hydrogen-bond acceptors (Lipinski definition) is 15. The Hall–Kier alpha value is -6.93. The second-order valence-corrected chi connectivity index (χ2v) is 19.9. The van der Waals surface area contributed by atoms with Crippen molar-refractivity contribution in [3.8, 4) is 21.1 Å². The predicted molar refractivity (Wildman–Crippen MR) is 251 cm³/mol. The molecular formula is C47H46F2N12O4S2. The van der Waals surface area contributed by atoms with E-state index in [4.69, 9.17) is 4.74 Å². The van der Waals surface area contributed by atoms with Crippen LogP contribution in [0.15, 0.2) is 95.2 Å². The van der Waals surface area contributed by atoms with Gasteiger partial charge in [-0.05, 0) is 119 Å². The monoisotopic (exact) mass is 944 g/mol. The van der Waals surface area contributed by atoms with Crippen molar-refractivity contribution >= 4 is 63.9 Å². The fraction of sp³-hybridized carbons (Fsp3) is 0.340. The van der Waals surface area contributed by atoms with Crippen LogP contribution in [-0.2, 0) is 25.2 Å². The topological polar surface area (TPSA) is 202 Å². The number of thiophene rings is 2. The second-order valence-electron chi connectivity index (χ2n) is 17.7. The first kappa shape index (κ1) is 45.2. The van der Waals surface area contributed by atoms with Crippen LogP contribution in [0.3, 0.4) is 0 Å². The molecule has 0 unspecified atom stereocenters. The Labute approximate surface area is 392 Å². The van der Waals surface area contributed by atoms with E-state index in [0.717, 1.165) is 50.9 Å². The van der Waals surface area contributed by atoms with E-state index in [-0.39, 0.29) is 48.5 Å². The van der Waals surface area contributed by atoms with Gasteiger partial charge in [0.05, 0.1) is 30.9 Å². The van der Waals surface area contributed by atoms with Gasteiger partial charge < -0.3 is 20.7 Å². The molecule has 0 atom stereocenters. The van der Waals surface area contributed by atoms with Crippen LogP contribution < -0.4 is 20.9 Å². The molecule has 20 heteroatoms. The number of pyridine rings is 2. The SMILES string of the molecule is CC(C)(C)OC(=O)N(CC1(c2ncccc2F)CCC1)c1ccc(-c2ccc(C3=NCC(=O)N3)s2)nn1.O=C1CN=C(c2ccc(-c3ccc(NCC4(c5ncccc5F)CCC4)nn3)s2)N1. The minimum atomic E-state index is -0.725. The maximum Gasteiger partial charge on any atom is 0.416 e. The molecule has 6 aromatic rings. The Morgan fingerprint density at radius 2 is 1.22 bits per heavy atom. The number of hydrogen-bond donors (Lipinski definition) is 3. The third kappa shape index (κ3) is 9.95. The molecule has 6 aromatic heterocycles. The molecule has 0 aromatic carbocycles. The van der Waals surface area contributed by atoms with Gasteiger partial charge in [-0.15, -0.1) is 43.1 Å². The molecule has 0 spiro atoms. The summed E-state index contributed by atoms with van der Waals surface area (Å²) in [6, 6.07) is 20.9. The standard InChI is InChI=1S/C26H27FN6O3S.C21H19FN6OS/c1-25(2,3)36-24(35)33(15-26(11-5-12-26)22-16(27)6-4-13-28-22)20-10-7-17(31-32-20)18-8-9-19(37-18)23-29-14-21(34)30-23;22-13-3-1-10-23-19(13)21(8-2-9-21)12-25-17-7-4-14(27-28-17)15-5-6-16(30-15)20-24-11-18(29)26-20/h4,6-10,13H,5,11-12,14-15H2,1-3H3,(H,29,30,34);1,3-7,10H,2,8-9,11-12H2,(H,25,28)(H,24,26,29). The van der Waals surface area contributed by atoms with Crippen LogP contribution in [0.25, 0.3) is 21.1 Å². The highest BCUT2D eigenvalue weighted by molar-refractivity contribution is 7.17. The highest BCUT2D eigenvalue weighted by Crippen LogP contribution is 2.46. The fourth-order valence-electron chi connectivity index (χ4n) is 8.21. The molecule has 0 saturated heterocycles. The molecule has 8 heterocycles. The molecule has 10 rings (SSSR count). The molecule has 16 nitrogen and oxygen atoms in total. The number of halogens is 2. The largest absolute Gasteiger partial charge is 0.443 e. The van der Waals surface area contributed by atoms with Crippen LogP contribution in [0.5, 0.6) is 0 Å². The fourth-order valence-corrected chi connectivity index (χ4v) is 10.1. The zero-order valence-electron chi connectivity index (χ0n) is 36.9. The lowest BCUT2D eigenvalue weighted by molar-refractivity contribution is -0.118. The molecule has 0 bridgehead atoms. The van der Waals surface area contributed by atoms with Crippen LogP contribution in [0.2, 0.25) is 0 Å². The number of nitrogens with one attached hydrogen (secondary N) is 3. The van der Waals surface area contributed by atoms with E-state index in [1.54, 1.807) is 57.4 Å². The molecular weight excluding hydrogens is 899 g/mol. The van der Waals surface area contributed by atoms with E-state index in [0.29, 0.717) is 59.8 Å². The van der Waals surface area contributed by atoms with Crippen LogP contribution >= 0.6 is 22.7 Å². The van der Waals surface area contributed by atoms with Gasteiger partial charge in [-0.1, -0.05) is 12.8 Å². The van der Waals surface area contributed by atoms with Gasteiger partial charge in [-0.25, -0.2) is 13.6 Å². The number of carbonyl (C=O) groups excluding carboxylic acids is 3. The van der Waals surface area contributed by atoms with Crippen LogP contribution in [0.4, 0.5) is 25.2 Å². The summed E-state index contributed by atoms with van der Waals surface area (Å²) < 4.78 is 34.7. The number of amides is 3. The molecule has 3 N–H and O–H groups in total. The van der Waals surface area contributed by atoms with Crippen molar-refractivity contribution in [2.45, 2.75) is 75.7 Å². The van der Waals surface area contributed by atoms with Crippen molar-refractivity contribution in [2.24, 2.45) is 9.98 Å². The van der Waals surface area contributed by atoms with Crippen molar-refractivity contribution in [1.82, 2.24) is 41.0 Å². The lowest BCUT2D eigenvalue weighted by atomic mass is 9.66. The summed E-state index contributed by atoms with van der Waals surface area (Å²) in [6.07, 6.45) is 7.81. The Morgan fingerprint density at radius 3 is 1.66 bits per heavy atom. The normalized spacial score (nSPS) is 16.9. The number of ether oxygens (including phenoxy) is 1. The molecule has 3 amide bonds. The molecule has 0 radical (unpaired) electrons. The Balaban J connectivity index is 0.000000171. The maximum atomic E-state index is 14.8. The molecule has 67 heavy (non-hydrogen) atoms. The van der Waals surface area contributed by atoms with Crippen molar-refractivity contribution in [1.29, 1.82) is 0 Å². The molecule has 2 aliphatic carbocycles. The Morgan fingerprint density at radius 1 is 0.701 bits per heavy atom. The van der Waals surface area contributed by atoms with E-state index < -0.39 is 17.1 Å². The van der Waals surface area contributed by atoms with Gasteiger partial charge in [0, 0.05) is 36.3 Å². The average molecular weight is 945 g/mol. The average Bonchev–Trinajstić information content (AvgIpc) is 4.13. The number of rotatable bonds is 12. The smallest absolute Gasteiger partial charge is 0.416 e. The van der Waals surface area contributed by atoms with Crippen LogP contribution in [-0.4, -0.2) is 91.7 Å². The van der Waals surface area contributed by atoms with Gasteiger partial charge >= 0.3 is 6.09 Å². The predicted octanol–water partition coefficient (Wildman–Crippen LogP) is 7.63. The first-order valence-electron chi connectivity index (χ1n) is 21.8. The number of aliphatic imine (C=N–C) groups is 2. The minimum Gasteiger partial charge on any atom is -0.443 e. The van der Waals surface area contributed by atoms with E-state index in [2.05, 4.69) is 56.3 Å². The minimum absolute atomic E-state index is 0.0926. The third-order valence-electron chi connectivity index (χ3n) is 11.9. The van der Waals surface area contributed by atoms with Crippen molar-refractivity contribution in [3.05, 3.63) is 118 Å². The quantitative estimate of drug-likeness (QED) is 0.109. The maximum absolute atomic E-state index is 14.8. The highest BCUT2D eigenvalue weighted by Gasteiger charge is 2.46. The molecule has 344 valence electrons. The Bertz CT molecular complexity index is 2870.